The number of carbonyl (C=O) groups excluding carboxylic acids is 2. The zero-order valence-electron chi connectivity index (χ0n) is 15.1. The van der Waals surface area contributed by atoms with Gasteiger partial charge in [0.2, 0.25) is 5.91 Å². The van der Waals surface area contributed by atoms with Crippen LogP contribution in [0.15, 0.2) is 30.3 Å². The highest BCUT2D eigenvalue weighted by molar-refractivity contribution is 5.88. The fraction of sp³-hybridized carbons (Fsp3) is 0.600. The van der Waals surface area contributed by atoms with Crippen LogP contribution in [0.25, 0.3) is 0 Å². The minimum atomic E-state index is -0.356. The van der Waals surface area contributed by atoms with Crippen LogP contribution in [0.2, 0.25) is 0 Å². The summed E-state index contributed by atoms with van der Waals surface area (Å²) < 4.78 is 0. The van der Waals surface area contributed by atoms with E-state index in [4.69, 9.17) is 4.84 Å². The van der Waals surface area contributed by atoms with E-state index < -0.39 is 0 Å². The Morgan fingerprint density at radius 2 is 1.85 bits per heavy atom. The van der Waals surface area contributed by atoms with Crippen LogP contribution in [0, 0.1) is 0 Å². The first-order chi connectivity index (χ1) is 12.7. The van der Waals surface area contributed by atoms with E-state index in [-0.39, 0.29) is 30.1 Å². The first kappa shape index (κ1) is 17.3. The van der Waals surface area contributed by atoms with E-state index in [1.165, 1.54) is 24.3 Å². The van der Waals surface area contributed by atoms with E-state index in [0.29, 0.717) is 19.6 Å². The van der Waals surface area contributed by atoms with E-state index in [1.807, 2.05) is 30.3 Å². The summed E-state index contributed by atoms with van der Waals surface area (Å²) in [6.07, 6.45) is 7.25. The van der Waals surface area contributed by atoms with Crippen molar-refractivity contribution in [3.8, 4) is 0 Å². The first-order valence-electron chi connectivity index (χ1n) is 9.79. The molecule has 3 amide bonds. The number of rotatable bonds is 5. The summed E-state index contributed by atoms with van der Waals surface area (Å²) in [5, 5.41) is 4.66. The third-order valence-corrected chi connectivity index (χ3v) is 5.79. The predicted molar refractivity (Wildman–Crippen MR) is 97.0 cm³/mol. The molecular weight excluding hydrogens is 330 g/mol. The maximum absolute atomic E-state index is 12.8. The molecule has 0 radical (unpaired) electrons. The lowest BCUT2D eigenvalue weighted by atomic mass is 9.94. The number of nitrogens with zero attached hydrogens (tertiary/aromatic N) is 2. The van der Waals surface area contributed by atoms with Gasteiger partial charge in [-0.15, -0.1) is 0 Å². The lowest BCUT2D eigenvalue weighted by Gasteiger charge is -2.31. The Balaban J connectivity index is 1.35. The number of fused-ring (bicyclic) bond motifs is 2. The van der Waals surface area contributed by atoms with E-state index in [2.05, 4.69) is 5.32 Å². The maximum Gasteiger partial charge on any atom is 0.345 e. The van der Waals surface area contributed by atoms with Crippen LogP contribution in [0.3, 0.4) is 0 Å². The standard InChI is InChI=1S/C20H27N3O3/c24-19(21-16-9-5-2-6-10-16)18-12-11-17-13-22(18)20(25)23(17)26-14-15-7-3-1-4-8-15/h1,3-4,7-8,16-18H,2,5-6,9-14H2,(H,21,24)/t17-,18+/m1/s1. The number of hydrogen-bond donors (Lipinski definition) is 1. The van der Waals surface area contributed by atoms with Crippen LogP contribution in [0.5, 0.6) is 0 Å². The number of amides is 3. The van der Waals surface area contributed by atoms with Crippen molar-refractivity contribution < 1.29 is 14.4 Å². The Morgan fingerprint density at radius 1 is 1.08 bits per heavy atom. The second-order valence-electron chi connectivity index (χ2n) is 7.61. The Hall–Kier alpha value is -2.08. The van der Waals surface area contributed by atoms with Gasteiger partial charge in [0.05, 0.1) is 6.04 Å². The average Bonchev–Trinajstić information content (AvgIpc) is 2.92. The minimum absolute atomic E-state index is 0.00797. The van der Waals surface area contributed by atoms with Crippen molar-refractivity contribution in [1.29, 1.82) is 0 Å². The zero-order chi connectivity index (χ0) is 17.9. The van der Waals surface area contributed by atoms with Gasteiger partial charge >= 0.3 is 6.03 Å². The molecule has 1 aliphatic carbocycles. The smallest absolute Gasteiger partial charge is 0.345 e. The SMILES string of the molecule is O=C(NC1CCCCC1)[C@@H]1CC[C@@H]2CN1C(=O)N2OCc1ccccc1. The molecule has 1 aromatic carbocycles. The highest BCUT2D eigenvalue weighted by atomic mass is 16.7. The molecule has 26 heavy (non-hydrogen) atoms. The van der Waals surface area contributed by atoms with E-state index >= 15 is 0 Å². The van der Waals surface area contributed by atoms with Crippen LogP contribution in [0.4, 0.5) is 4.79 Å². The van der Waals surface area contributed by atoms with Gasteiger partial charge < -0.3 is 10.2 Å². The summed E-state index contributed by atoms with van der Waals surface area (Å²) >= 11 is 0. The van der Waals surface area contributed by atoms with Crippen LogP contribution >= 0.6 is 0 Å². The van der Waals surface area contributed by atoms with E-state index in [9.17, 15) is 9.59 Å². The molecule has 4 rings (SSSR count). The zero-order valence-corrected chi connectivity index (χ0v) is 15.1. The molecule has 6 heteroatoms. The third kappa shape index (κ3) is 3.56. The monoisotopic (exact) mass is 357 g/mol. The lowest BCUT2D eigenvalue weighted by Crippen LogP contribution is -2.52. The summed E-state index contributed by atoms with van der Waals surface area (Å²) in [7, 11) is 0. The van der Waals surface area contributed by atoms with Gasteiger partial charge in [0.25, 0.3) is 0 Å². The summed E-state index contributed by atoms with van der Waals surface area (Å²) in [5.41, 5.74) is 1.03. The Labute approximate surface area is 154 Å². The molecule has 2 bridgehead atoms. The van der Waals surface area contributed by atoms with Crippen molar-refractivity contribution in [2.24, 2.45) is 0 Å². The van der Waals surface area contributed by atoms with Crippen molar-refractivity contribution in [2.45, 2.75) is 69.7 Å². The molecule has 3 fully saturated rings. The molecule has 3 aliphatic rings. The van der Waals surface area contributed by atoms with Crippen molar-refractivity contribution in [2.75, 3.05) is 6.54 Å². The summed E-state index contributed by atoms with van der Waals surface area (Å²) in [5.74, 6) is 0.00797. The number of carbonyl (C=O) groups is 2. The van der Waals surface area contributed by atoms with Crippen LogP contribution in [-0.4, -0.2) is 46.6 Å². The van der Waals surface area contributed by atoms with Gasteiger partial charge in [-0.05, 0) is 31.2 Å². The normalized spacial score (nSPS) is 26.2. The molecule has 1 aromatic rings. The van der Waals surface area contributed by atoms with Gasteiger partial charge in [0.15, 0.2) is 0 Å². The highest BCUT2D eigenvalue weighted by Crippen LogP contribution is 2.31. The molecular formula is C20H27N3O3. The lowest BCUT2D eigenvalue weighted by molar-refractivity contribution is -0.140. The van der Waals surface area contributed by atoms with Crippen molar-refractivity contribution >= 4 is 11.9 Å². The fourth-order valence-corrected chi connectivity index (χ4v) is 4.33. The Bertz CT molecular complexity index is 645. The predicted octanol–water partition coefficient (Wildman–Crippen LogP) is 2.84. The first-order valence-corrected chi connectivity index (χ1v) is 9.79. The number of hydroxylamine groups is 2. The van der Waals surface area contributed by atoms with Crippen molar-refractivity contribution in [1.82, 2.24) is 15.3 Å². The molecule has 1 N–H and O–H groups in total. The summed E-state index contributed by atoms with van der Waals surface area (Å²) in [6, 6.07) is 9.62. The van der Waals surface area contributed by atoms with E-state index in [1.54, 1.807) is 4.90 Å². The molecule has 0 aromatic heterocycles. The van der Waals surface area contributed by atoms with Gasteiger partial charge in [-0.3, -0.25) is 9.63 Å². The summed E-state index contributed by atoms with van der Waals surface area (Å²) in [6.45, 7) is 0.951. The second kappa shape index (κ2) is 7.66. The molecule has 0 unspecified atom stereocenters. The Kier molecular flexibility index (Phi) is 5.11. The molecule has 1 saturated carbocycles. The quantitative estimate of drug-likeness (QED) is 0.881. The van der Waals surface area contributed by atoms with Crippen molar-refractivity contribution in [3.05, 3.63) is 35.9 Å². The van der Waals surface area contributed by atoms with Gasteiger partial charge in [-0.25, -0.2) is 4.79 Å². The minimum Gasteiger partial charge on any atom is -0.352 e. The van der Waals surface area contributed by atoms with Gasteiger partial charge in [-0.1, -0.05) is 49.6 Å². The summed E-state index contributed by atoms with van der Waals surface area (Å²) in [4.78, 5) is 33.0. The highest BCUT2D eigenvalue weighted by Gasteiger charge is 2.48. The number of urea groups is 1. The number of nitrogens with one attached hydrogen (secondary N) is 1. The van der Waals surface area contributed by atoms with Crippen molar-refractivity contribution in [3.63, 3.8) is 0 Å². The number of hydrogen-bond acceptors (Lipinski definition) is 3. The largest absolute Gasteiger partial charge is 0.352 e. The number of benzene rings is 1. The molecule has 0 spiro atoms. The van der Waals surface area contributed by atoms with Gasteiger partial charge in [0.1, 0.15) is 12.6 Å². The van der Waals surface area contributed by atoms with Crippen LogP contribution in [0.1, 0.15) is 50.5 Å². The van der Waals surface area contributed by atoms with Crippen LogP contribution < -0.4 is 5.32 Å². The van der Waals surface area contributed by atoms with Gasteiger partial charge in [-0.2, -0.15) is 5.06 Å². The molecule has 6 nitrogen and oxygen atoms in total. The molecule has 2 saturated heterocycles. The average molecular weight is 357 g/mol. The van der Waals surface area contributed by atoms with E-state index in [0.717, 1.165) is 24.8 Å². The third-order valence-electron chi connectivity index (χ3n) is 5.79. The fourth-order valence-electron chi connectivity index (χ4n) is 4.33. The second-order valence-corrected chi connectivity index (χ2v) is 7.61. The molecule has 2 atom stereocenters. The molecule has 2 heterocycles. The molecule has 2 aliphatic heterocycles. The maximum atomic E-state index is 12.8. The topological polar surface area (TPSA) is 61.9 Å². The number of piperidine rings is 1. The molecule has 140 valence electrons. The Morgan fingerprint density at radius 3 is 2.62 bits per heavy atom. The van der Waals surface area contributed by atoms with Crippen LogP contribution in [-0.2, 0) is 16.2 Å². The van der Waals surface area contributed by atoms with Gasteiger partial charge in [0, 0.05) is 12.6 Å².